The molecule has 28 heavy (non-hydrogen) atoms. The Bertz CT molecular complexity index is 1090. The molecule has 1 heterocycles. The van der Waals surface area contributed by atoms with Crippen molar-refractivity contribution in [3.05, 3.63) is 53.4 Å². The number of nitrogens with one attached hydrogen (secondary N) is 1. The number of ether oxygens (including phenoxy) is 2. The van der Waals surface area contributed by atoms with Gasteiger partial charge in [-0.15, -0.1) is 0 Å². The molecule has 0 saturated heterocycles. The lowest BCUT2D eigenvalue weighted by Crippen LogP contribution is -2.24. The number of nitrogens with zero attached hydrogens (tertiary/aromatic N) is 2. The lowest BCUT2D eigenvalue weighted by Gasteiger charge is -2.08. The molecule has 1 aromatic heterocycles. The van der Waals surface area contributed by atoms with Gasteiger partial charge in [0.05, 0.1) is 31.2 Å². The molecule has 0 fully saturated rings. The third-order valence-corrected chi connectivity index (χ3v) is 5.71. The van der Waals surface area contributed by atoms with Gasteiger partial charge in [-0.3, -0.25) is 0 Å². The van der Waals surface area contributed by atoms with Crippen molar-refractivity contribution in [1.29, 1.82) is 0 Å². The van der Waals surface area contributed by atoms with Crippen LogP contribution in [0.15, 0.2) is 45.8 Å². The summed E-state index contributed by atoms with van der Waals surface area (Å²) < 4.78 is 43.4. The Balaban J connectivity index is 1.79. The second-order valence-electron chi connectivity index (χ2n) is 6.17. The molecule has 0 saturated carbocycles. The highest BCUT2D eigenvalue weighted by Crippen LogP contribution is 2.31. The number of hydrogen-bond donors (Lipinski definition) is 1. The van der Waals surface area contributed by atoms with Gasteiger partial charge in [0.25, 0.3) is 0 Å². The van der Waals surface area contributed by atoms with Crippen LogP contribution in [0.4, 0.5) is 0 Å². The van der Waals surface area contributed by atoms with Gasteiger partial charge in [-0.1, -0.05) is 17.3 Å². The van der Waals surface area contributed by atoms with Crippen molar-refractivity contribution in [2.24, 2.45) is 0 Å². The molecular formula is C19H21N3O5S. The van der Waals surface area contributed by atoms with Crippen molar-refractivity contribution in [1.82, 2.24) is 14.9 Å². The van der Waals surface area contributed by atoms with Crippen molar-refractivity contribution >= 4 is 10.0 Å². The number of sulfonamides is 1. The van der Waals surface area contributed by atoms with Gasteiger partial charge < -0.3 is 14.0 Å². The molecule has 3 aromatic rings. The van der Waals surface area contributed by atoms with E-state index in [4.69, 9.17) is 14.0 Å². The first-order valence-electron chi connectivity index (χ1n) is 8.46. The highest BCUT2D eigenvalue weighted by molar-refractivity contribution is 7.89. The Labute approximate surface area is 163 Å². The van der Waals surface area contributed by atoms with Crippen LogP contribution >= 0.6 is 0 Å². The molecule has 0 amide bonds. The molecule has 3 rings (SSSR count). The molecule has 0 aliphatic carbocycles. The van der Waals surface area contributed by atoms with E-state index in [0.29, 0.717) is 28.5 Å². The van der Waals surface area contributed by atoms with E-state index >= 15 is 0 Å². The fraction of sp³-hybridized carbons (Fsp3) is 0.263. The second-order valence-corrected chi connectivity index (χ2v) is 7.91. The molecule has 0 bridgehead atoms. The lowest BCUT2D eigenvalue weighted by atomic mass is 10.2. The fourth-order valence-electron chi connectivity index (χ4n) is 2.65. The molecule has 0 atom stereocenters. The number of methoxy groups -OCH3 is 2. The molecule has 1 N–H and O–H groups in total. The third-order valence-electron chi connectivity index (χ3n) is 4.16. The summed E-state index contributed by atoms with van der Waals surface area (Å²) in [4.78, 5) is 4.48. The molecule has 9 heteroatoms. The summed E-state index contributed by atoms with van der Waals surface area (Å²) in [5, 5.41) is 3.91. The highest BCUT2D eigenvalue weighted by atomic mass is 32.2. The van der Waals surface area contributed by atoms with Crippen LogP contribution in [-0.4, -0.2) is 32.8 Å². The molecule has 0 aliphatic heterocycles. The maximum absolute atomic E-state index is 12.6. The van der Waals surface area contributed by atoms with Gasteiger partial charge in [0.2, 0.25) is 21.7 Å². The van der Waals surface area contributed by atoms with Gasteiger partial charge >= 0.3 is 0 Å². The Morgan fingerprint density at radius 3 is 2.57 bits per heavy atom. The summed E-state index contributed by atoms with van der Waals surface area (Å²) in [5.74, 6) is 1.58. The van der Waals surface area contributed by atoms with Crippen molar-refractivity contribution in [2.75, 3.05) is 14.2 Å². The molecule has 8 nitrogen and oxygen atoms in total. The van der Waals surface area contributed by atoms with Crippen LogP contribution in [0.25, 0.3) is 11.4 Å². The first-order chi connectivity index (χ1) is 13.3. The summed E-state index contributed by atoms with van der Waals surface area (Å²) in [6.45, 7) is 3.46. The number of rotatable bonds is 7. The predicted molar refractivity (Wildman–Crippen MR) is 103 cm³/mol. The Hall–Kier alpha value is -2.91. The lowest BCUT2D eigenvalue weighted by molar-refractivity contribution is 0.374. The van der Waals surface area contributed by atoms with E-state index in [2.05, 4.69) is 14.9 Å². The van der Waals surface area contributed by atoms with E-state index in [1.54, 1.807) is 44.4 Å². The number of hydrogen-bond acceptors (Lipinski definition) is 7. The van der Waals surface area contributed by atoms with Crippen LogP contribution in [0.3, 0.4) is 0 Å². The van der Waals surface area contributed by atoms with E-state index in [1.807, 2.05) is 13.0 Å². The van der Waals surface area contributed by atoms with E-state index in [-0.39, 0.29) is 17.3 Å². The van der Waals surface area contributed by atoms with Gasteiger partial charge in [0.15, 0.2) is 0 Å². The summed E-state index contributed by atoms with van der Waals surface area (Å²) in [7, 11) is -0.624. The molecule has 0 radical (unpaired) electrons. The van der Waals surface area contributed by atoms with Crippen molar-refractivity contribution < 1.29 is 22.4 Å². The first-order valence-corrected chi connectivity index (χ1v) is 9.94. The van der Waals surface area contributed by atoms with Crippen molar-refractivity contribution in [2.45, 2.75) is 25.3 Å². The van der Waals surface area contributed by atoms with Gasteiger partial charge in [0, 0.05) is 6.07 Å². The zero-order valence-corrected chi connectivity index (χ0v) is 16.8. The minimum atomic E-state index is -3.71. The van der Waals surface area contributed by atoms with Gasteiger partial charge in [-0.2, -0.15) is 4.98 Å². The monoisotopic (exact) mass is 403 g/mol. The average molecular weight is 403 g/mol. The average Bonchev–Trinajstić information content (AvgIpc) is 3.16. The molecule has 0 spiro atoms. The first kappa shape index (κ1) is 19.8. The van der Waals surface area contributed by atoms with Gasteiger partial charge in [-0.05, 0) is 43.2 Å². The normalized spacial score (nSPS) is 11.4. The summed E-state index contributed by atoms with van der Waals surface area (Å²) in [6, 6.07) is 10.4. The van der Waals surface area contributed by atoms with Gasteiger partial charge in [0.1, 0.15) is 11.5 Å². The Kier molecular flexibility index (Phi) is 5.66. The Morgan fingerprint density at radius 2 is 1.86 bits per heavy atom. The number of aryl methyl sites for hydroxylation is 2. The summed E-state index contributed by atoms with van der Waals surface area (Å²) >= 11 is 0. The van der Waals surface area contributed by atoms with Crippen LogP contribution in [0.5, 0.6) is 11.5 Å². The van der Waals surface area contributed by atoms with Crippen LogP contribution in [0, 0.1) is 13.8 Å². The van der Waals surface area contributed by atoms with Gasteiger partial charge in [-0.25, -0.2) is 13.1 Å². The molecular weight excluding hydrogens is 382 g/mol. The molecule has 148 valence electrons. The third kappa shape index (κ3) is 4.15. The SMILES string of the molecule is COc1ccc(-c2noc(CNS(=O)(=O)c3cc(C)ccc3C)n2)c(OC)c1. The minimum Gasteiger partial charge on any atom is -0.497 e. The maximum Gasteiger partial charge on any atom is 0.242 e. The maximum atomic E-state index is 12.6. The zero-order chi connectivity index (χ0) is 20.3. The largest absolute Gasteiger partial charge is 0.497 e. The highest BCUT2D eigenvalue weighted by Gasteiger charge is 2.19. The number of aromatic nitrogens is 2. The quantitative estimate of drug-likeness (QED) is 0.647. The molecule has 0 unspecified atom stereocenters. The van der Waals surface area contributed by atoms with E-state index in [0.717, 1.165) is 5.56 Å². The van der Waals surface area contributed by atoms with Crippen LogP contribution in [0.2, 0.25) is 0 Å². The van der Waals surface area contributed by atoms with E-state index in [9.17, 15) is 8.42 Å². The predicted octanol–water partition coefficient (Wildman–Crippen LogP) is 2.85. The zero-order valence-electron chi connectivity index (χ0n) is 16.0. The topological polar surface area (TPSA) is 104 Å². The van der Waals surface area contributed by atoms with Crippen LogP contribution in [-0.2, 0) is 16.6 Å². The van der Waals surface area contributed by atoms with Crippen LogP contribution in [0.1, 0.15) is 17.0 Å². The Morgan fingerprint density at radius 1 is 1.07 bits per heavy atom. The van der Waals surface area contributed by atoms with E-state index in [1.165, 1.54) is 7.11 Å². The molecule has 0 aliphatic rings. The summed E-state index contributed by atoms with van der Waals surface area (Å²) in [5.41, 5.74) is 2.13. The van der Waals surface area contributed by atoms with Crippen molar-refractivity contribution in [3.8, 4) is 22.9 Å². The molecule has 2 aromatic carbocycles. The smallest absolute Gasteiger partial charge is 0.242 e. The summed E-state index contributed by atoms with van der Waals surface area (Å²) in [6.07, 6.45) is 0. The standard InChI is InChI=1S/C19H21N3O5S/c1-12-5-6-13(2)17(9-12)28(23,24)20-11-18-21-19(22-27-18)15-8-7-14(25-3)10-16(15)26-4/h5-10,20H,11H2,1-4H3. The number of benzene rings is 2. The fourth-order valence-corrected chi connectivity index (χ4v) is 3.95. The minimum absolute atomic E-state index is 0.124. The van der Waals surface area contributed by atoms with E-state index < -0.39 is 10.0 Å². The second kappa shape index (κ2) is 7.99. The van der Waals surface area contributed by atoms with Crippen LogP contribution < -0.4 is 14.2 Å². The van der Waals surface area contributed by atoms with Crippen molar-refractivity contribution in [3.63, 3.8) is 0 Å².